The van der Waals surface area contributed by atoms with Crippen molar-refractivity contribution < 1.29 is 0 Å². The molecule has 1 atom stereocenters. The van der Waals surface area contributed by atoms with Crippen LogP contribution in [-0.4, -0.2) is 0 Å². The first-order valence-corrected chi connectivity index (χ1v) is 4.73. The Morgan fingerprint density at radius 1 is 1.33 bits per heavy atom. The van der Waals surface area contributed by atoms with Gasteiger partial charge in [0.05, 0.1) is 0 Å². The van der Waals surface area contributed by atoms with Gasteiger partial charge in [0.25, 0.3) is 0 Å². The van der Waals surface area contributed by atoms with Crippen LogP contribution in [0.1, 0.15) is 34.6 Å². The smallest absolute Gasteiger partial charge is 0.00502 e. The van der Waals surface area contributed by atoms with E-state index in [1.165, 1.54) is 5.57 Å². The van der Waals surface area contributed by atoms with Crippen molar-refractivity contribution in [3.63, 3.8) is 0 Å². The molecule has 0 heterocycles. The zero-order valence-electron chi connectivity index (χ0n) is 8.81. The highest BCUT2D eigenvalue weighted by Gasteiger charge is 2.21. The SMILES string of the molecule is CC(C)C1[C]=C(C(C)(C)C)C=C1. The van der Waals surface area contributed by atoms with Gasteiger partial charge in [-0.25, -0.2) is 0 Å². The van der Waals surface area contributed by atoms with Gasteiger partial charge >= 0.3 is 0 Å². The van der Waals surface area contributed by atoms with E-state index in [-0.39, 0.29) is 5.41 Å². The lowest BCUT2D eigenvalue weighted by Crippen LogP contribution is -2.07. The van der Waals surface area contributed by atoms with Crippen LogP contribution < -0.4 is 0 Å². The molecule has 0 aromatic heterocycles. The van der Waals surface area contributed by atoms with Gasteiger partial charge < -0.3 is 0 Å². The molecule has 0 nitrogen and oxygen atoms in total. The molecule has 12 heavy (non-hydrogen) atoms. The lowest BCUT2D eigenvalue weighted by molar-refractivity contribution is 0.500. The Hall–Kier alpha value is -0.520. The van der Waals surface area contributed by atoms with Crippen LogP contribution in [0.2, 0.25) is 0 Å². The predicted molar refractivity (Wildman–Crippen MR) is 53.7 cm³/mol. The molecule has 1 radical (unpaired) electrons. The van der Waals surface area contributed by atoms with E-state index in [0.29, 0.717) is 11.8 Å². The maximum Gasteiger partial charge on any atom is 0.00502 e. The Morgan fingerprint density at radius 3 is 2.17 bits per heavy atom. The van der Waals surface area contributed by atoms with E-state index >= 15 is 0 Å². The summed E-state index contributed by atoms with van der Waals surface area (Å²) < 4.78 is 0. The first kappa shape index (κ1) is 9.57. The summed E-state index contributed by atoms with van der Waals surface area (Å²) in [6, 6.07) is 0. The summed E-state index contributed by atoms with van der Waals surface area (Å²) >= 11 is 0. The van der Waals surface area contributed by atoms with Gasteiger partial charge in [0.2, 0.25) is 0 Å². The summed E-state index contributed by atoms with van der Waals surface area (Å²) in [6.45, 7) is 11.2. The minimum absolute atomic E-state index is 0.264. The minimum Gasteiger partial charge on any atom is -0.0764 e. The highest BCUT2D eigenvalue weighted by molar-refractivity contribution is 5.30. The Labute approximate surface area is 76.4 Å². The molecule has 0 aliphatic heterocycles. The lowest BCUT2D eigenvalue weighted by Gasteiger charge is -2.18. The molecule has 0 amide bonds. The van der Waals surface area contributed by atoms with E-state index < -0.39 is 0 Å². The molecular weight excluding hydrogens is 144 g/mol. The van der Waals surface area contributed by atoms with Gasteiger partial charge in [-0.3, -0.25) is 0 Å². The molecule has 0 saturated heterocycles. The fourth-order valence-corrected chi connectivity index (χ4v) is 1.33. The zero-order chi connectivity index (χ0) is 9.35. The molecule has 0 aromatic carbocycles. The average molecular weight is 163 g/mol. The van der Waals surface area contributed by atoms with Gasteiger partial charge in [0.1, 0.15) is 0 Å². The Kier molecular flexibility index (Phi) is 2.46. The molecule has 0 N–H and O–H groups in total. The molecule has 0 saturated carbocycles. The van der Waals surface area contributed by atoms with Gasteiger partial charge in [0.15, 0.2) is 0 Å². The summed E-state index contributed by atoms with van der Waals surface area (Å²) in [5.41, 5.74) is 1.63. The van der Waals surface area contributed by atoms with E-state index in [0.717, 1.165) is 0 Å². The molecule has 0 fully saturated rings. The Balaban J connectivity index is 2.75. The third kappa shape index (κ3) is 2.00. The van der Waals surface area contributed by atoms with E-state index in [9.17, 15) is 0 Å². The fraction of sp³-hybridized carbons (Fsp3) is 0.667. The second-order valence-electron chi connectivity index (χ2n) is 4.94. The molecular formula is C12H19. The molecule has 0 heteroatoms. The van der Waals surface area contributed by atoms with Gasteiger partial charge in [-0.15, -0.1) is 0 Å². The van der Waals surface area contributed by atoms with Crippen molar-refractivity contribution >= 4 is 0 Å². The van der Waals surface area contributed by atoms with Crippen LogP contribution in [0.5, 0.6) is 0 Å². The van der Waals surface area contributed by atoms with Crippen LogP contribution in [0.3, 0.4) is 0 Å². The fourth-order valence-electron chi connectivity index (χ4n) is 1.33. The quantitative estimate of drug-likeness (QED) is 0.554. The van der Waals surface area contributed by atoms with Crippen LogP contribution in [0, 0.1) is 23.3 Å². The van der Waals surface area contributed by atoms with Crippen molar-refractivity contribution in [2.24, 2.45) is 17.3 Å². The summed E-state index contributed by atoms with van der Waals surface area (Å²) in [5, 5.41) is 0. The highest BCUT2D eigenvalue weighted by atomic mass is 14.3. The van der Waals surface area contributed by atoms with Crippen LogP contribution in [0.25, 0.3) is 0 Å². The molecule has 1 aliphatic rings. The van der Waals surface area contributed by atoms with Crippen LogP contribution in [0.15, 0.2) is 17.7 Å². The minimum atomic E-state index is 0.264. The van der Waals surface area contributed by atoms with Crippen molar-refractivity contribution in [2.75, 3.05) is 0 Å². The number of hydrogen-bond donors (Lipinski definition) is 0. The standard InChI is InChI=1S/C12H19/c1-9(2)10-6-7-11(8-10)12(3,4)5/h6-7,9-10H,1-5H3. The van der Waals surface area contributed by atoms with E-state index in [1.807, 2.05) is 0 Å². The number of rotatable bonds is 1. The van der Waals surface area contributed by atoms with Gasteiger partial charge in [0, 0.05) is 5.92 Å². The second kappa shape index (κ2) is 3.08. The Bertz CT molecular complexity index is 211. The zero-order valence-corrected chi connectivity index (χ0v) is 8.81. The summed E-state index contributed by atoms with van der Waals surface area (Å²) in [6.07, 6.45) is 8.03. The van der Waals surface area contributed by atoms with Crippen LogP contribution in [0.4, 0.5) is 0 Å². The summed E-state index contributed by atoms with van der Waals surface area (Å²) in [5.74, 6) is 1.22. The average Bonchev–Trinajstić information content (AvgIpc) is 2.30. The molecule has 1 rings (SSSR count). The number of hydrogen-bond acceptors (Lipinski definition) is 0. The molecule has 67 valence electrons. The normalized spacial score (nSPS) is 23.5. The van der Waals surface area contributed by atoms with Gasteiger partial charge in [-0.2, -0.15) is 0 Å². The van der Waals surface area contributed by atoms with Crippen LogP contribution in [-0.2, 0) is 0 Å². The maximum absolute atomic E-state index is 3.54. The first-order valence-electron chi connectivity index (χ1n) is 4.73. The molecule has 0 aromatic rings. The van der Waals surface area contributed by atoms with E-state index in [1.54, 1.807) is 0 Å². The van der Waals surface area contributed by atoms with Crippen molar-refractivity contribution in [3.05, 3.63) is 23.8 Å². The van der Waals surface area contributed by atoms with Crippen molar-refractivity contribution in [2.45, 2.75) is 34.6 Å². The number of allylic oxidation sites excluding steroid dienone is 4. The molecule has 1 aliphatic carbocycles. The van der Waals surface area contributed by atoms with Crippen molar-refractivity contribution in [1.82, 2.24) is 0 Å². The monoisotopic (exact) mass is 163 g/mol. The maximum atomic E-state index is 3.54. The summed E-state index contributed by atoms with van der Waals surface area (Å²) in [7, 11) is 0. The lowest BCUT2D eigenvalue weighted by atomic mass is 9.86. The van der Waals surface area contributed by atoms with Crippen molar-refractivity contribution in [1.29, 1.82) is 0 Å². The van der Waals surface area contributed by atoms with Crippen LogP contribution >= 0.6 is 0 Å². The van der Waals surface area contributed by atoms with E-state index in [2.05, 4.69) is 52.8 Å². The summed E-state index contributed by atoms with van der Waals surface area (Å²) in [4.78, 5) is 0. The van der Waals surface area contributed by atoms with Crippen molar-refractivity contribution in [3.8, 4) is 0 Å². The second-order valence-corrected chi connectivity index (χ2v) is 4.94. The van der Waals surface area contributed by atoms with E-state index in [4.69, 9.17) is 0 Å². The highest BCUT2D eigenvalue weighted by Crippen LogP contribution is 2.33. The third-order valence-corrected chi connectivity index (χ3v) is 2.32. The molecule has 0 bridgehead atoms. The Morgan fingerprint density at radius 2 is 1.92 bits per heavy atom. The largest absolute Gasteiger partial charge is 0.0764 e. The third-order valence-electron chi connectivity index (χ3n) is 2.32. The molecule has 0 spiro atoms. The topological polar surface area (TPSA) is 0 Å². The first-order chi connectivity index (χ1) is 5.41. The molecule has 1 unspecified atom stereocenters. The van der Waals surface area contributed by atoms with Gasteiger partial charge in [-0.1, -0.05) is 46.8 Å². The van der Waals surface area contributed by atoms with Gasteiger partial charge in [-0.05, 0) is 23.0 Å². The predicted octanol–water partition coefficient (Wildman–Crippen LogP) is 3.60.